The first-order chi connectivity index (χ1) is 12.9. The fraction of sp³-hybridized carbons (Fsp3) is 0.667. The molecule has 1 fully saturated rings. The maximum Gasteiger partial charge on any atom is 0.191 e. The Kier molecular flexibility index (Phi) is 8.51. The molecule has 0 spiro atoms. The summed E-state index contributed by atoms with van der Waals surface area (Å²) in [5.41, 5.74) is 0.792. The van der Waals surface area contributed by atoms with Crippen molar-refractivity contribution in [2.45, 2.75) is 32.1 Å². The third-order valence-corrected chi connectivity index (χ3v) is 5.40. The summed E-state index contributed by atoms with van der Waals surface area (Å²) in [7, 11) is 3.54. The van der Waals surface area contributed by atoms with Gasteiger partial charge in [-0.25, -0.2) is 4.39 Å². The third-order valence-electron chi connectivity index (χ3n) is 5.40. The number of hydrogen-bond donors (Lipinski definition) is 2. The van der Waals surface area contributed by atoms with Gasteiger partial charge in [0.2, 0.25) is 0 Å². The second-order valence-corrected chi connectivity index (χ2v) is 7.98. The average Bonchev–Trinajstić information content (AvgIpc) is 2.67. The maximum atomic E-state index is 13.5. The summed E-state index contributed by atoms with van der Waals surface area (Å²) in [6.07, 6.45) is 2.39. The number of guanidine groups is 1. The van der Waals surface area contributed by atoms with Crippen LogP contribution >= 0.6 is 0 Å². The number of rotatable bonds is 8. The highest BCUT2D eigenvalue weighted by Crippen LogP contribution is 2.22. The Hall–Kier alpha value is -1.66. The Labute approximate surface area is 163 Å². The number of aliphatic imine (C=N–C) groups is 1. The normalized spacial score (nSPS) is 17.1. The topological polar surface area (TPSA) is 48.9 Å². The minimum atomic E-state index is -0.195. The molecule has 0 bridgehead atoms. The van der Waals surface area contributed by atoms with E-state index in [9.17, 15) is 4.39 Å². The van der Waals surface area contributed by atoms with Gasteiger partial charge in [-0.05, 0) is 49.5 Å². The van der Waals surface area contributed by atoms with Crippen LogP contribution in [0.1, 0.15) is 32.3 Å². The molecule has 1 aromatic rings. The van der Waals surface area contributed by atoms with Crippen LogP contribution in [0.5, 0.6) is 0 Å². The predicted molar refractivity (Wildman–Crippen MR) is 110 cm³/mol. The zero-order valence-electron chi connectivity index (χ0n) is 17.2. The van der Waals surface area contributed by atoms with Crippen LogP contribution in [0.4, 0.5) is 4.39 Å². The predicted octanol–water partition coefficient (Wildman–Crippen LogP) is 2.63. The Balaban J connectivity index is 1.75. The van der Waals surface area contributed by atoms with Gasteiger partial charge in [-0.3, -0.25) is 4.99 Å². The SMILES string of the molecule is CN=C(NCC1CCN(CCOC)CC1)NCC(C)(C)c1cccc(F)c1. The number of methoxy groups -OCH3 is 1. The first kappa shape index (κ1) is 21.6. The van der Waals surface area contributed by atoms with Gasteiger partial charge in [-0.15, -0.1) is 0 Å². The van der Waals surface area contributed by atoms with Crippen LogP contribution in [0.25, 0.3) is 0 Å². The molecular weight excluding hydrogens is 343 g/mol. The van der Waals surface area contributed by atoms with Crippen molar-refractivity contribution in [3.63, 3.8) is 0 Å². The first-order valence-corrected chi connectivity index (χ1v) is 9.86. The van der Waals surface area contributed by atoms with Gasteiger partial charge in [0.1, 0.15) is 5.82 Å². The molecule has 5 nitrogen and oxygen atoms in total. The third kappa shape index (κ3) is 7.11. The van der Waals surface area contributed by atoms with Gasteiger partial charge in [0.15, 0.2) is 5.96 Å². The van der Waals surface area contributed by atoms with Crippen LogP contribution in [0.2, 0.25) is 0 Å². The van der Waals surface area contributed by atoms with E-state index in [1.165, 1.54) is 18.9 Å². The van der Waals surface area contributed by atoms with Crippen molar-refractivity contribution in [3.8, 4) is 0 Å². The Morgan fingerprint density at radius 1 is 1.30 bits per heavy atom. The van der Waals surface area contributed by atoms with Crippen molar-refractivity contribution < 1.29 is 9.13 Å². The largest absolute Gasteiger partial charge is 0.383 e. The molecule has 0 saturated carbocycles. The van der Waals surface area contributed by atoms with Gasteiger partial charge in [0, 0.05) is 39.2 Å². The number of hydrogen-bond acceptors (Lipinski definition) is 3. The molecule has 1 heterocycles. The minimum absolute atomic E-state index is 0.188. The monoisotopic (exact) mass is 378 g/mol. The van der Waals surface area contributed by atoms with E-state index in [4.69, 9.17) is 4.74 Å². The smallest absolute Gasteiger partial charge is 0.191 e. The van der Waals surface area contributed by atoms with Crippen molar-refractivity contribution in [2.24, 2.45) is 10.9 Å². The van der Waals surface area contributed by atoms with E-state index < -0.39 is 0 Å². The Morgan fingerprint density at radius 3 is 2.67 bits per heavy atom. The van der Waals surface area contributed by atoms with Gasteiger partial charge in [0.05, 0.1) is 6.61 Å². The molecule has 1 saturated heterocycles. The molecule has 6 heteroatoms. The second kappa shape index (κ2) is 10.6. The standard InChI is InChI=1S/C21H35FN4O/c1-21(2,18-6-5-7-19(22)14-18)16-25-20(23-3)24-15-17-8-10-26(11-9-17)12-13-27-4/h5-7,14,17H,8-13,15-16H2,1-4H3,(H2,23,24,25). The summed E-state index contributed by atoms with van der Waals surface area (Å²) in [4.78, 5) is 6.80. The van der Waals surface area contributed by atoms with E-state index in [0.717, 1.165) is 44.3 Å². The van der Waals surface area contributed by atoms with Crippen molar-refractivity contribution in [1.82, 2.24) is 15.5 Å². The number of ether oxygens (including phenoxy) is 1. The van der Waals surface area contributed by atoms with E-state index in [-0.39, 0.29) is 11.2 Å². The van der Waals surface area contributed by atoms with Crippen LogP contribution in [0.15, 0.2) is 29.3 Å². The highest BCUT2D eigenvalue weighted by Gasteiger charge is 2.22. The quantitative estimate of drug-likeness (QED) is 0.539. The van der Waals surface area contributed by atoms with E-state index in [1.54, 1.807) is 26.3 Å². The zero-order valence-corrected chi connectivity index (χ0v) is 17.2. The van der Waals surface area contributed by atoms with E-state index in [0.29, 0.717) is 12.5 Å². The van der Waals surface area contributed by atoms with Gasteiger partial charge in [-0.1, -0.05) is 26.0 Å². The molecule has 0 unspecified atom stereocenters. The van der Waals surface area contributed by atoms with Gasteiger partial charge >= 0.3 is 0 Å². The highest BCUT2D eigenvalue weighted by molar-refractivity contribution is 5.79. The minimum Gasteiger partial charge on any atom is -0.383 e. The molecule has 152 valence electrons. The molecule has 1 aliphatic heterocycles. The van der Waals surface area contributed by atoms with Gasteiger partial charge < -0.3 is 20.3 Å². The summed E-state index contributed by atoms with van der Waals surface area (Å²) in [5, 5.41) is 6.85. The Morgan fingerprint density at radius 2 is 2.04 bits per heavy atom. The zero-order chi connectivity index (χ0) is 19.7. The van der Waals surface area contributed by atoms with E-state index >= 15 is 0 Å². The van der Waals surface area contributed by atoms with Crippen LogP contribution < -0.4 is 10.6 Å². The van der Waals surface area contributed by atoms with Crippen LogP contribution in [-0.2, 0) is 10.2 Å². The van der Waals surface area contributed by atoms with Crippen LogP contribution in [-0.4, -0.2) is 64.3 Å². The molecule has 1 aromatic carbocycles. The van der Waals surface area contributed by atoms with Crippen molar-refractivity contribution >= 4 is 5.96 Å². The number of likely N-dealkylation sites (tertiary alicyclic amines) is 1. The van der Waals surface area contributed by atoms with Gasteiger partial charge in [-0.2, -0.15) is 0 Å². The van der Waals surface area contributed by atoms with Crippen LogP contribution in [0.3, 0.4) is 0 Å². The lowest BCUT2D eigenvalue weighted by atomic mass is 9.84. The molecule has 0 radical (unpaired) electrons. The van der Waals surface area contributed by atoms with Crippen molar-refractivity contribution in [3.05, 3.63) is 35.6 Å². The fourth-order valence-corrected chi connectivity index (χ4v) is 3.41. The fourth-order valence-electron chi connectivity index (χ4n) is 3.41. The molecule has 0 amide bonds. The van der Waals surface area contributed by atoms with Crippen molar-refractivity contribution in [2.75, 3.05) is 53.5 Å². The lowest BCUT2D eigenvalue weighted by Gasteiger charge is -2.32. The molecule has 2 rings (SSSR count). The first-order valence-electron chi connectivity index (χ1n) is 9.86. The molecule has 0 aromatic heterocycles. The molecule has 2 N–H and O–H groups in total. The molecule has 1 aliphatic rings. The lowest BCUT2D eigenvalue weighted by Crippen LogP contribution is -2.46. The Bertz CT molecular complexity index is 598. The average molecular weight is 379 g/mol. The summed E-state index contributed by atoms with van der Waals surface area (Å²) in [6, 6.07) is 6.82. The second-order valence-electron chi connectivity index (χ2n) is 7.98. The summed E-state index contributed by atoms with van der Waals surface area (Å²) < 4.78 is 18.7. The number of halogens is 1. The highest BCUT2D eigenvalue weighted by atomic mass is 19.1. The molecule has 27 heavy (non-hydrogen) atoms. The molecular formula is C21H35FN4O. The lowest BCUT2D eigenvalue weighted by molar-refractivity contribution is 0.121. The van der Waals surface area contributed by atoms with Crippen LogP contribution in [0, 0.1) is 11.7 Å². The van der Waals surface area contributed by atoms with Crippen molar-refractivity contribution in [1.29, 1.82) is 0 Å². The van der Waals surface area contributed by atoms with E-state index in [2.05, 4.69) is 34.4 Å². The summed E-state index contributed by atoms with van der Waals surface area (Å²) >= 11 is 0. The molecule has 0 atom stereocenters. The summed E-state index contributed by atoms with van der Waals surface area (Å²) in [6.45, 7) is 9.93. The number of nitrogens with one attached hydrogen (secondary N) is 2. The maximum absolute atomic E-state index is 13.5. The molecule has 0 aliphatic carbocycles. The van der Waals surface area contributed by atoms with Gasteiger partial charge in [0.25, 0.3) is 0 Å². The number of benzene rings is 1. The summed E-state index contributed by atoms with van der Waals surface area (Å²) in [5.74, 6) is 1.28. The number of piperidine rings is 1. The van der Waals surface area contributed by atoms with E-state index in [1.807, 2.05) is 6.07 Å². The number of nitrogens with zero attached hydrogens (tertiary/aromatic N) is 2.